The maximum absolute atomic E-state index is 12.0. The average molecular weight is 332 g/mol. The third-order valence-corrected chi connectivity index (χ3v) is 3.14. The van der Waals surface area contributed by atoms with E-state index < -0.39 is 22.3 Å². The van der Waals surface area contributed by atoms with Gasteiger partial charge in [-0.05, 0) is 26.0 Å². The SMILES string of the molecule is COc1cc(/C=N\NC(=O)c2cc(C)oc2C)cc([N+](=O)[O-])c1[O-]. The van der Waals surface area contributed by atoms with Gasteiger partial charge in [-0.2, -0.15) is 5.10 Å². The molecule has 0 saturated carbocycles. The second kappa shape index (κ2) is 6.82. The van der Waals surface area contributed by atoms with Crippen molar-refractivity contribution in [1.82, 2.24) is 5.43 Å². The van der Waals surface area contributed by atoms with E-state index in [1.165, 1.54) is 19.4 Å². The van der Waals surface area contributed by atoms with E-state index >= 15 is 0 Å². The Morgan fingerprint density at radius 1 is 1.38 bits per heavy atom. The van der Waals surface area contributed by atoms with E-state index in [9.17, 15) is 20.0 Å². The van der Waals surface area contributed by atoms with Crippen LogP contribution in [0.25, 0.3) is 0 Å². The molecule has 0 unspecified atom stereocenters. The zero-order valence-electron chi connectivity index (χ0n) is 13.2. The van der Waals surface area contributed by atoms with Crippen LogP contribution in [0.15, 0.2) is 27.7 Å². The van der Waals surface area contributed by atoms with Gasteiger partial charge in [0, 0.05) is 17.4 Å². The number of hydrogen-bond acceptors (Lipinski definition) is 7. The van der Waals surface area contributed by atoms with Crippen LogP contribution in [0.4, 0.5) is 5.69 Å². The lowest BCUT2D eigenvalue weighted by molar-refractivity contribution is -0.398. The first-order valence-electron chi connectivity index (χ1n) is 6.77. The third-order valence-electron chi connectivity index (χ3n) is 3.14. The van der Waals surface area contributed by atoms with Gasteiger partial charge >= 0.3 is 0 Å². The zero-order valence-corrected chi connectivity index (χ0v) is 13.2. The number of hydrazone groups is 1. The van der Waals surface area contributed by atoms with Crippen molar-refractivity contribution < 1.29 is 24.0 Å². The molecule has 0 aliphatic carbocycles. The molecule has 1 amide bonds. The molecule has 1 heterocycles. The molecule has 2 aromatic rings. The highest BCUT2D eigenvalue weighted by molar-refractivity contribution is 5.96. The summed E-state index contributed by atoms with van der Waals surface area (Å²) in [4.78, 5) is 22.0. The Balaban J connectivity index is 2.20. The summed E-state index contributed by atoms with van der Waals surface area (Å²) in [6.07, 6.45) is 1.18. The first-order valence-corrected chi connectivity index (χ1v) is 6.77. The third kappa shape index (κ3) is 3.51. The first kappa shape index (κ1) is 17.0. The summed E-state index contributed by atoms with van der Waals surface area (Å²) in [7, 11) is 1.23. The van der Waals surface area contributed by atoms with Crippen LogP contribution in [0.3, 0.4) is 0 Å². The van der Waals surface area contributed by atoms with E-state index in [0.717, 1.165) is 6.07 Å². The molecule has 126 valence electrons. The molecule has 0 aliphatic heterocycles. The molecule has 1 N–H and O–H groups in total. The van der Waals surface area contributed by atoms with Crippen molar-refractivity contribution in [3.05, 3.63) is 51.0 Å². The minimum Gasteiger partial charge on any atom is -0.865 e. The van der Waals surface area contributed by atoms with E-state index in [0.29, 0.717) is 17.1 Å². The van der Waals surface area contributed by atoms with Crippen molar-refractivity contribution in [2.45, 2.75) is 13.8 Å². The number of carbonyl (C=O) groups excluding carboxylic acids is 1. The Bertz CT molecular complexity index is 825. The van der Waals surface area contributed by atoms with E-state index in [2.05, 4.69) is 10.5 Å². The minimum absolute atomic E-state index is 0.182. The van der Waals surface area contributed by atoms with Crippen LogP contribution in [0.5, 0.6) is 11.5 Å². The largest absolute Gasteiger partial charge is 0.865 e. The molecule has 2 rings (SSSR count). The van der Waals surface area contributed by atoms with Gasteiger partial charge in [-0.15, -0.1) is 0 Å². The summed E-state index contributed by atoms with van der Waals surface area (Å²) in [5.74, 6) is -0.449. The highest BCUT2D eigenvalue weighted by Crippen LogP contribution is 2.33. The number of hydrogen-bond donors (Lipinski definition) is 1. The van der Waals surface area contributed by atoms with Crippen molar-refractivity contribution in [1.29, 1.82) is 0 Å². The number of furan rings is 1. The van der Waals surface area contributed by atoms with Crippen molar-refractivity contribution in [3.8, 4) is 11.5 Å². The predicted molar refractivity (Wildman–Crippen MR) is 82.3 cm³/mol. The minimum atomic E-state index is -0.826. The molecule has 9 nitrogen and oxygen atoms in total. The fraction of sp³-hybridized carbons (Fsp3) is 0.200. The Kier molecular flexibility index (Phi) is 4.83. The number of nitrogens with one attached hydrogen (secondary N) is 1. The lowest BCUT2D eigenvalue weighted by Gasteiger charge is -2.12. The molecule has 0 radical (unpaired) electrons. The Hall–Kier alpha value is -3.36. The quantitative estimate of drug-likeness (QED) is 0.503. The van der Waals surface area contributed by atoms with Crippen molar-refractivity contribution >= 4 is 17.8 Å². The molecule has 1 aromatic carbocycles. The Labute approximate surface area is 136 Å². The second-order valence-corrected chi connectivity index (χ2v) is 4.85. The molecule has 0 bridgehead atoms. The van der Waals surface area contributed by atoms with Gasteiger partial charge in [0.15, 0.2) is 0 Å². The van der Waals surface area contributed by atoms with Crippen molar-refractivity contribution in [3.63, 3.8) is 0 Å². The summed E-state index contributed by atoms with van der Waals surface area (Å²) in [6.45, 7) is 3.36. The summed E-state index contributed by atoms with van der Waals surface area (Å²) in [5, 5.41) is 26.3. The average Bonchev–Trinajstić information content (AvgIpc) is 2.86. The maximum Gasteiger partial charge on any atom is 0.274 e. The monoisotopic (exact) mass is 332 g/mol. The summed E-state index contributed by atoms with van der Waals surface area (Å²) >= 11 is 0. The van der Waals surface area contributed by atoms with Gasteiger partial charge in [0.05, 0.1) is 23.8 Å². The number of nitro groups is 1. The topological polar surface area (TPSA) is 130 Å². The number of nitrogens with zero attached hydrogens (tertiary/aromatic N) is 2. The van der Waals surface area contributed by atoms with Gasteiger partial charge < -0.3 is 14.3 Å². The lowest BCUT2D eigenvalue weighted by Crippen LogP contribution is -2.17. The number of aryl methyl sites for hydroxylation is 2. The predicted octanol–water partition coefficient (Wildman–Crippen LogP) is 1.65. The van der Waals surface area contributed by atoms with Gasteiger partial charge in [-0.25, -0.2) is 5.43 Å². The van der Waals surface area contributed by atoms with Crippen LogP contribution in [0.1, 0.15) is 27.4 Å². The number of nitro benzene ring substituents is 1. The number of ether oxygens (including phenoxy) is 1. The molecular weight excluding hydrogens is 318 g/mol. The number of amides is 1. The smallest absolute Gasteiger partial charge is 0.274 e. The van der Waals surface area contributed by atoms with Crippen LogP contribution in [-0.2, 0) is 0 Å². The van der Waals surface area contributed by atoms with Gasteiger partial charge in [-0.1, -0.05) is 0 Å². The van der Waals surface area contributed by atoms with E-state index in [1.54, 1.807) is 19.9 Å². The summed E-state index contributed by atoms with van der Waals surface area (Å²) < 4.78 is 10.1. The fourth-order valence-electron chi connectivity index (χ4n) is 2.05. The normalized spacial score (nSPS) is 10.8. The molecular formula is C15H14N3O6-. The van der Waals surface area contributed by atoms with Crippen molar-refractivity contribution in [2.24, 2.45) is 5.10 Å². The van der Waals surface area contributed by atoms with Crippen LogP contribution in [-0.4, -0.2) is 24.2 Å². The lowest BCUT2D eigenvalue weighted by atomic mass is 10.2. The summed E-state index contributed by atoms with van der Waals surface area (Å²) in [5.41, 5.74) is 2.22. The first-order chi connectivity index (χ1) is 11.3. The Morgan fingerprint density at radius 3 is 2.62 bits per heavy atom. The van der Waals surface area contributed by atoms with E-state index in [-0.39, 0.29) is 11.3 Å². The Morgan fingerprint density at radius 2 is 2.08 bits per heavy atom. The maximum atomic E-state index is 12.0. The molecule has 0 aliphatic rings. The molecule has 9 heteroatoms. The van der Waals surface area contributed by atoms with Gasteiger partial charge in [0.2, 0.25) is 0 Å². The zero-order chi connectivity index (χ0) is 17.9. The van der Waals surface area contributed by atoms with Crippen molar-refractivity contribution in [2.75, 3.05) is 7.11 Å². The molecule has 0 atom stereocenters. The second-order valence-electron chi connectivity index (χ2n) is 4.85. The molecule has 0 fully saturated rings. The van der Waals surface area contributed by atoms with Gasteiger partial charge in [-0.3, -0.25) is 14.9 Å². The standard InChI is InChI=1S/C15H15N3O6/c1-8-4-11(9(2)24-8)15(20)17-16-7-10-5-12(18(21)22)14(19)13(6-10)23-3/h4-7,19H,1-3H3,(H,17,20)/p-1/b16-7-. The molecule has 1 aromatic heterocycles. The number of carbonyl (C=O) groups is 1. The van der Waals surface area contributed by atoms with Crippen LogP contribution in [0.2, 0.25) is 0 Å². The molecule has 0 spiro atoms. The van der Waals surface area contributed by atoms with Crippen LogP contribution >= 0.6 is 0 Å². The highest BCUT2D eigenvalue weighted by Gasteiger charge is 2.14. The number of rotatable bonds is 5. The van der Waals surface area contributed by atoms with Gasteiger partial charge in [0.1, 0.15) is 17.3 Å². The molecule has 0 saturated heterocycles. The highest BCUT2D eigenvalue weighted by atomic mass is 16.6. The number of methoxy groups -OCH3 is 1. The fourth-order valence-corrected chi connectivity index (χ4v) is 2.05. The van der Waals surface area contributed by atoms with Crippen LogP contribution < -0.4 is 15.3 Å². The number of benzene rings is 1. The van der Waals surface area contributed by atoms with Crippen LogP contribution in [0, 0.1) is 24.0 Å². The van der Waals surface area contributed by atoms with Gasteiger partial charge in [0.25, 0.3) is 11.6 Å². The summed E-state index contributed by atoms with van der Waals surface area (Å²) in [6, 6.07) is 3.91. The molecule has 24 heavy (non-hydrogen) atoms. The van der Waals surface area contributed by atoms with E-state index in [1.807, 2.05) is 0 Å². The van der Waals surface area contributed by atoms with E-state index in [4.69, 9.17) is 9.15 Å².